The molecule has 0 unspecified atom stereocenters. The summed E-state index contributed by atoms with van der Waals surface area (Å²) in [7, 11) is 0. The van der Waals surface area contributed by atoms with Crippen molar-refractivity contribution in [1.29, 1.82) is 0 Å². The number of carbonyl (C=O) groups is 1. The summed E-state index contributed by atoms with van der Waals surface area (Å²) in [5.74, 6) is 0.712. The summed E-state index contributed by atoms with van der Waals surface area (Å²) in [5.41, 5.74) is -0.505. The molecule has 0 aliphatic carbocycles. The van der Waals surface area contributed by atoms with Gasteiger partial charge in [0.15, 0.2) is 0 Å². The SMILES string of the molecule is O=C1N(CCOc2ccccc2)CCN1c1cccc(C(F)(F)F)c1. The predicted octanol–water partition coefficient (Wildman–Crippen LogP) is 4.03. The number of nitrogens with zero attached hydrogens (tertiary/aromatic N) is 2. The fourth-order valence-corrected chi connectivity index (χ4v) is 2.67. The summed E-state index contributed by atoms with van der Waals surface area (Å²) < 4.78 is 44.0. The molecular formula is C18H17F3N2O2. The van der Waals surface area contributed by atoms with Crippen LogP contribution in [-0.4, -0.2) is 37.2 Å². The number of hydrogen-bond donors (Lipinski definition) is 0. The average molecular weight is 350 g/mol. The smallest absolute Gasteiger partial charge is 0.416 e. The number of para-hydroxylation sites is 1. The Morgan fingerprint density at radius 1 is 1.00 bits per heavy atom. The van der Waals surface area contributed by atoms with Crippen LogP contribution in [0.1, 0.15) is 5.56 Å². The van der Waals surface area contributed by atoms with E-state index in [1.54, 1.807) is 4.90 Å². The molecule has 0 radical (unpaired) electrons. The molecule has 0 N–H and O–H groups in total. The number of carbonyl (C=O) groups excluding carboxylic acids is 1. The predicted molar refractivity (Wildman–Crippen MR) is 87.7 cm³/mol. The summed E-state index contributed by atoms with van der Waals surface area (Å²) in [5, 5.41) is 0. The van der Waals surface area contributed by atoms with Crippen LogP contribution in [0.2, 0.25) is 0 Å². The second kappa shape index (κ2) is 7.04. The van der Waals surface area contributed by atoms with Crippen molar-refractivity contribution >= 4 is 11.7 Å². The molecule has 0 spiro atoms. The lowest BCUT2D eigenvalue weighted by Crippen LogP contribution is -2.34. The highest BCUT2D eigenvalue weighted by Gasteiger charge is 2.33. The van der Waals surface area contributed by atoms with Crippen molar-refractivity contribution in [2.24, 2.45) is 0 Å². The minimum Gasteiger partial charge on any atom is -0.492 e. The highest BCUT2D eigenvalue weighted by Crippen LogP contribution is 2.32. The van der Waals surface area contributed by atoms with Crippen LogP contribution in [0.4, 0.5) is 23.7 Å². The Bertz CT molecular complexity index is 735. The Morgan fingerprint density at radius 2 is 1.76 bits per heavy atom. The average Bonchev–Trinajstić information content (AvgIpc) is 2.96. The molecule has 1 aliphatic rings. The number of benzene rings is 2. The molecule has 4 nitrogen and oxygen atoms in total. The van der Waals surface area contributed by atoms with Gasteiger partial charge in [0.05, 0.1) is 12.1 Å². The molecule has 2 aromatic rings. The van der Waals surface area contributed by atoms with Gasteiger partial charge in [-0.1, -0.05) is 24.3 Å². The monoisotopic (exact) mass is 350 g/mol. The second-order valence-corrected chi connectivity index (χ2v) is 5.63. The third-order valence-corrected chi connectivity index (χ3v) is 3.95. The minimum absolute atomic E-state index is 0.256. The minimum atomic E-state index is -4.43. The zero-order valence-corrected chi connectivity index (χ0v) is 13.4. The van der Waals surface area contributed by atoms with Crippen LogP contribution in [0.25, 0.3) is 0 Å². The summed E-state index contributed by atoms with van der Waals surface area (Å²) in [6.45, 7) is 1.51. The van der Waals surface area contributed by atoms with E-state index in [9.17, 15) is 18.0 Å². The van der Waals surface area contributed by atoms with Crippen LogP contribution in [-0.2, 0) is 6.18 Å². The van der Waals surface area contributed by atoms with Gasteiger partial charge in [-0.15, -0.1) is 0 Å². The Labute approximate surface area is 143 Å². The van der Waals surface area contributed by atoms with Gasteiger partial charge in [0.2, 0.25) is 0 Å². The number of rotatable bonds is 5. The fourth-order valence-electron chi connectivity index (χ4n) is 2.67. The number of halogens is 3. The Hall–Kier alpha value is -2.70. The van der Waals surface area contributed by atoms with Gasteiger partial charge in [0.1, 0.15) is 12.4 Å². The van der Waals surface area contributed by atoms with E-state index in [0.717, 1.165) is 12.1 Å². The van der Waals surface area contributed by atoms with Crippen LogP contribution in [0, 0.1) is 0 Å². The molecule has 0 aromatic heterocycles. The number of hydrogen-bond acceptors (Lipinski definition) is 2. The number of amides is 2. The van der Waals surface area contributed by atoms with Gasteiger partial charge < -0.3 is 9.64 Å². The van der Waals surface area contributed by atoms with Crippen LogP contribution < -0.4 is 9.64 Å². The van der Waals surface area contributed by atoms with Gasteiger partial charge >= 0.3 is 12.2 Å². The van der Waals surface area contributed by atoms with Gasteiger partial charge in [-0.05, 0) is 30.3 Å². The number of urea groups is 1. The van der Waals surface area contributed by atoms with Crippen LogP contribution in [0.15, 0.2) is 54.6 Å². The molecule has 1 heterocycles. The van der Waals surface area contributed by atoms with Crippen molar-refractivity contribution in [2.75, 3.05) is 31.1 Å². The quantitative estimate of drug-likeness (QED) is 0.816. The van der Waals surface area contributed by atoms with Crippen molar-refractivity contribution in [3.63, 3.8) is 0 Å². The summed E-state index contributed by atoms with van der Waals surface area (Å²) in [6.07, 6.45) is -4.43. The zero-order valence-electron chi connectivity index (χ0n) is 13.4. The van der Waals surface area contributed by atoms with E-state index in [1.165, 1.54) is 17.0 Å². The van der Waals surface area contributed by atoms with Crippen molar-refractivity contribution < 1.29 is 22.7 Å². The number of anilines is 1. The van der Waals surface area contributed by atoms with E-state index < -0.39 is 11.7 Å². The maximum atomic E-state index is 12.8. The van der Waals surface area contributed by atoms with Gasteiger partial charge in [-0.2, -0.15) is 13.2 Å². The Morgan fingerprint density at radius 3 is 2.48 bits per heavy atom. The molecule has 2 aromatic carbocycles. The first-order valence-electron chi connectivity index (χ1n) is 7.87. The van der Waals surface area contributed by atoms with E-state index in [4.69, 9.17) is 4.74 Å². The molecule has 1 fully saturated rings. The van der Waals surface area contributed by atoms with E-state index >= 15 is 0 Å². The molecule has 1 aliphatic heterocycles. The lowest BCUT2D eigenvalue weighted by Gasteiger charge is -2.19. The van der Waals surface area contributed by atoms with E-state index in [2.05, 4.69) is 0 Å². The van der Waals surface area contributed by atoms with E-state index in [-0.39, 0.29) is 11.7 Å². The molecule has 7 heteroatoms. The number of ether oxygens (including phenoxy) is 1. The summed E-state index contributed by atoms with van der Waals surface area (Å²) in [6, 6.07) is 13.7. The summed E-state index contributed by atoms with van der Waals surface area (Å²) >= 11 is 0. The topological polar surface area (TPSA) is 32.8 Å². The van der Waals surface area contributed by atoms with Crippen LogP contribution in [0.5, 0.6) is 5.75 Å². The third kappa shape index (κ3) is 4.04. The fraction of sp³-hybridized carbons (Fsp3) is 0.278. The Balaban J connectivity index is 1.60. The van der Waals surface area contributed by atoms with Gasteiger partial charge in [0.25, 0.3) is 0 Å². The molecule has 0 saturated carbocycles. The molecule has 0 atom stereocenters. The van der Waals surface area contributed by atoms with Gasteiger partial charge in [-0.25, -0.2) is 4.79 Å². The van der Waals surface area contributed by atoms with Gasteiger partial charge in [-0.3, -0.25) is 4.90 Å². The highest BCUT2D eigenvalue weighted by atomic mass is 19.4. The molecule has 132 valence electrons. The standard InChI is InChI=1S/C18H17F3N2O2/c19-18(20,21)14-5-4-6-15(13-14)23-10-9-22(17(23)24)11-12-25-16-7-2-1-3-8-16/h1-8,13H,9-12H2. The normalized spacial score (nSPS) is 14.9. The Kier molecular flexibility index (Phi) is 4.83. The largest absolute Gasteiger partial charge is 0.492 e. The number of alkyl halides is 3. The summed E-state index contributed by atoms with van der Waals surface area (Å²) in [4.78, 5) is 15.4. The zero-order chi connectivity index (χ0) is 17.9. The third-order valence-electron chi connectivity index (χ3n) is 3.95. The lowest BCUT2D eigenvalue weighted by molar-refractivity contribution is -0.137. The molecule has 1 saturated heterocycles. The molecule has 25 heavy (non-hydrogen) atoms. The van der Waals surface area contributed by atoms with E-state index in [1.807, 2.05) is 30.3 Å². The second-order valence-electron chi connectivity index (χ2n) is 5.63. The first kappa shape index (κ1) is 17.1. The molecule has 0 bridgehead atoms. The van der Waals surface area contributed by atoms with Crippen molar-refractivity contribution in [2.45, 2.75) is 6.18 Å². The highest BCUT2D eigenvalue weighted by molar-refractivity contribution is 5.94. The van der Waals surface area contributed by atoms with E-state index in [0.29, 0.717) is 32.0 Å². The van der Waals surface area contributed by atoms with Crippen LogP contribution >= 0.6 is 0 Å². The first-order valence-corrected chi connectivity index (χ1v) is 7.87. The van der Waals surface area contributed by atoms with Crippen molar-refractivity contribution in [3.05, 3.63) is 60.2 Å². The van der Waals surface area contributed by atoms with Crippen LogP contribution in [0.3, 0.4) is 0 Å². The van der Waals surface area contributed by atoms with Crippen molar-refractivity contribution in [1.82, 2.24) is 4.90 Å². The molecule has 3 rings (SSSR count). The lowest BCUT2D eigenvalue weighted by atomic mass is 10.2. The maximum absolute atomic E-state index is 12.8. The molecular weight excluding hydrogens is 333 g/mol. The van der Waals surface area contributed by atoms with Gasteiger partial charge in [0, 0.05) is 18.8 Å². The first-order chi connectivity index (χ1) is 11.9. The molecule has 2 amide bonds. The maximum Gasteiger partial charge on any atom is 0.416 e. The van der Waals surface area contributed by atoms with Crippen molar-refractivity contribution in [3.8, 4) is 5.75 Å².